The van der Waals surface area contributed by atoms with Crippen LogP contribution in [0.2, 0.25) is 0 Å². The van der Waals surface area contributed by atoms with Crippen LogP contribution >= 0.6 is 0 Å². The van der Waals surface area contributed by atoms with Gasteiger partial charge in [0, 0.05) is 22.3 Å². The van der Waals surface area contributed by atoms with Gasteiger partial charge in [-0.25, -0.2) is 0 Å². The second-order valence-electron chi connectivity index (χ2n) is 6.35. The van der Waals surface area contributed by atoms with Gasteiger partial charge >= 0.3 is 0 Å². The van der Waals surface area contributed by atoms with E-state index in [4.69, 9.17) is 0 Å². The predicted molar refractivity (Wildman–Crippen MR) is 106 cm³/mol. The van der Waals surface area contributed by atoms with Crippen LogP contribution in [0.4, 0.5) is 11.4 Å². The van der Waals surface area contributed by atoms with E-state index in [0.717, 1.165) is 32.9 Å². The fourth-order valence-electron chi connectivity index (χ4n) is 3.32. The van der Waals surface area contributed by atoms with Gasteiger partial charge in [-0.1, -0.05) is 54.1 Å². The fourth-order valence-corrected chi connectivity index (χ4v) is 3.32. The van der Waals surface area contributed by atoms with Crippen molar-refractivity contribution in [2.24, 2.45) is 0 Å². The number of hydrogen-bond acceptors (Lipinski definition) is 3. The molecule has 0 aliphatic heterocycles. The molecule has 0 atom stereocenters. The van der Waals surface area contributed by atoms with Crippen molar-refractivity contribution in [3.8, 4) is 0 Å². The Labute approximate surface area is 151 Å². The number of aldehydes is 1. The summed E-state index contributed by atoms with van der Waals surface area (Å²) in [7, 11) is 0. The lowest BCUT2D eigenvalue weighted by Crippen LogP contribution is -2.03. The van der Waals surface area contributed by atoms with E-state index in [1.54, 1.807) is 0 Å². The maximum atomic E-state index is 12.4. The molecule has 0 heterocycles. The number of ketones is 1. The molecule has 0 amide bonds. The van der Waals surface area contributed by atoms with Crippen molar-refractivity contribution in [1.82, 2.24) is 0 Å². The lowest BCUT2D eigenvalue weighted by Gasteiger charge is -2.14. The highest BCUT2D eigenvalue weighted by Gasteiger charge is 2.15. The molecule has 4 aromatic rings. The molecule has 0 unspecified atom stereocenters. The van der Waals surface area contributed by atoms with Crippen LogP contribution in [0.1, 0.15) is 15.9 Å². The van der Waals surface area contributed by atoms with Crippen LogP contribution in [0.25, 0.3) is 21.5 Å². The average molecular weight is 339 g/mol. The third kappa shape index (κ3) is 2.74. The molecule has 0 aliphatic carbocycles. The standard InChI is InChI=1S/C23H17NO2/c1-15-9-11-17(12-10-15)24-21-8-4-7-19-20(21)13-16-5-2-3-6-18(16)23(19)22(26)14-25/h2-14,24H,1H3. The summed E-state index contributed by atoms with van der Waals surface area (Å²) in [5, 5.41) is 6.84. The first kappa shape index (κ1) is 16.0. The lowest BCUT2D eigenvalue weighted by molar-refractivity contribution is -0.104. The van der Waals surface area contributed by atoms with Crippen molar-refractivity contribution in [2.45, 2.75) is 6.92 Å². The Bertz CT molecular complexity index is 1140. The van der Waals surface area contributed by atoms with Gasteiger partial charge in [0.05, 0.1) is 0 Å². The van der Waals surface area contributed by atoms with Gasteiger partial charge < -0.3 is 5.32 Å². The average Bonchev–Trinajstić information content (AvgIpc) is 2.67. The topological polar surface area (TPSA) is 46.2 Å². The maximum Gasteiger partial charge on any atom is 0.226 e. The number of nitrogens with one attached hydrogen (secondary N) is 1. The molecule has 4 rings (SSSR count). The van der Waals surface area contributed by atoms with Gasteiger partial charge in [-0.3, -0.25) is 9.59 Å². The van der Waals surface area contributed by atoms with Gasteiger partial charge in [-0.2, -0.15) is 0 Å². The molecular formula is C23H17NO2. The van der Waals surface area contributed by atoms with Crippen LogP contribution in [-0.4, -0.2) is 12.1 Å². The minimum atomic E-state index is -0.501. The van der Waals surface area contributed by atoms with E-state index >= 15 is 0 Å². The van der Waals surface area contributed by atoms with Crippen LogP contribution in [0.3, 0.4) is 0 Å². The van der Waals surface area contributed by atoms with E-state index < -0.39 is 5.78 Å². The number of carbonyl (C=O) groups is 2. The normalized spacial score (nSPS) is 10.8. The number of rotatable bonds is 4. The zero-order valence-corrected chi connectivity index (χ0v) is 14.3. The zero-order valence-electron chi connectivity index (χ0n) is 14.3. The van der Waals surface area contributed by atoms with Crippen molar-refractivity contribution in [2.75, 3.05) is 5.32 Å². The lowest BCUT2D eigenvalue weighted by atomic mass is 9.93. The van der Waals surface area contributed by atoms with Crippen LogP contribution < -0.4 is 5.32 Å². The van der Waals surface area contributed by atoms with Crippen molar-refractivity contribution >= 4 is 45.0 Å². The molecule has 26 heavy (non-hydrogen) atoms. The smallest absolute Gasteiger partial charge is 0.226 e. The molecule has 0 radical (unpaired) electrons. The number of anilines is 2. The molecule has 0 aliphatic rings. The minimum Gasteiger partial charge on any atom is -0.355 e. The number of Topliss-reactive ketones (excluding diaryl/α,β-unsaturated/α-hetero) is 1. The third-order valence-electron chi connectivity index (χ3n) is 4.59. The molecule has 0 bridgehead atoms. The number of benzene rings is 4. The van der Waals surface area contributed by atoms with Crippen molar-refractivity contribution in [3.05, 3.63) is 83.9 Å². The molecule has 0 spiro atoms. The van der Waals surface area contributed by atoms with Gasteiger partial charge in [-0.15, -0.1) is 0 Å². The Balaban J connectivity index is 1.98. The molecule has 0 fully saturated rings. The van der Waals surface area contributed by atoms with E-state index in [1.165, 1.54) is 5.56 Å². The first-order chi connectivity index (χ1) is 12.7. The highest BCUT2D eigenvalue weighted by atomic mass is 16.2. The molecule has 0 saturated heterocycles. The van der Waals surface area contributed by atoms with E-state index in [0.29, 0.717) is 11.8 Å². The summed E-state index contributed by atoms with van der Waals surface area (Å²) in [4.78, 5) is 23.6. The first-order valence-electron chi connectivity index (χ1n) is 8.45. The van der Waals surface area contributed by atoms with Crippen LogP contribution in [0, 0.1) is 6.92 Å². The number of aryl methyl sites for hydroxylation is 1. The summed E-state index contributed by atoms with van der Waals surface area (Å²) in [6.45, 7) is 2.05. The van der Waals surface area contributed by atoms with Crippen molar-refractivity contribution in [1.29, 1.82) is 0 Å². The molecule has 0 saturated carbocycles. The summed E-state index contributed by atoms with van der Waals surface area (Å²) in [5.74, 6) is -0.501. The van der Waals surface area contributed by atoms with Crippen LogP contribution in [-0.2, 0) is 4.79 Å². The Morgan fingerprint density at radius 1 is 0.846 bits per heavy atom. The summed E-state index contributed by atoms with van der Waals surface area (Å²) < 4.78 is 0. The van der Waals surface area contributed by atoms with Gasteiger partial charge in [0.2, 0.25) is 5.78 Å². The second kappa shape index (κ2) is 6.45. The maximum absolute atomic E-state index is 12.4. The fraction of sp³-hybridized carbons (Fsp3) is 0.0435. The van der Waals surface area contributed by atoms with Gasteiger partial charge in [0.1, 0.15) is 0 Å². The highest BCUT2D eigenvalue weighted by molar-refractivity contribution is 6.40. The quantitative estimate of drug-likeness (QED) is 0.233. The molecule has 4 aromatic carbocycles. The molecular weight excluding hydrogens is 322 g/mol. The van der Waals surface area contributed by atoms with E-state index in [1.807, 2.05) is 73.7 Å². The molecule has 126 valence electrons. The largest absolute Gasteiger partial charge is 0.355 e. The summed E-state index contributed by atoms with van der Waals surface area (Å²) >= 11 is 0. The van der Waals surface area contributed by atoms with E-state index in [-0.39, 0.29) is 0 Å². The van der Waals surface area contributed by atoms with Crippen molar-refractivity contribution < 1.29 is 9.59 Å². The number of fused-ring (bicyclic) bond motifs is 2. The monoisotopic (exact) mass is 339 g/mol. The van der Waals surface area contributed by atoms with Gasteiger partial charge in [0.15, 0.2) is 6.29 Å². The minimum absolute atomic E-state index is 0.390. The van der Waals surface area contributed by atoms with Crippen molar-refractivity contribution in [3.63, 3.8) is 0 Å². The molecule has 3 heteroatoms. The first-order valence-corrected chi connectivity index (χ1v) is 8.45. The third-order valence-corrected chi connectivity index (χ3v) is 4.59. The van der Waals surface area contributed by atoms with E-state index in [2.05, 4.69) is 11.4 Å². The Morgan fingerprint density at radius 3 is 2.35 bits per heavy atom. The number of hydrogen-bond donors (Lipinski definition) is 1. The zero-order chi connectivity index (χ0) is 18.1. The molecule has 1 N–H and O–H groups in total. The summed E-state index contributed by atoms with van der Waals surface area (Å²) in [5.41, 5.74) is 3.52. The highest BCUT2D eigenvalue weighted by Crippen LogP contribution is 2.34. The Kier molecular flexibility index (Phi) is 3.98. The van der Waals surface area contributed by atoms with Crippen LogP contribution in [0.15, 0.2) is 72.8 Å². The summed E-state index contributed by atoms with van der Waals surface area (Å²) in [6, 6.07) is 23.6. The molecule has 3 nitrogen and oxygen atoms in total. The summed E-state index contributed by atoms with van der Waals surface area (Å²) in [6.07, 6.45) is 0.390. The second-order valence-corrected chi connectivity index (χ2v) is 6.35. The van der Waals surface area contributed by atoms with Gasteiger partial charge in [0.25, 0.3) is 0 Å². The Hall–Kier alpha value is -3.46. The number of carbonyl (C=O) groups excluding carboxylic acids is 2. The molecule has 0 aromatic heterocycles. The SMILES string of the molecule is Cc1ccc(Nc2cccc3c(C(=O)C=O)c4ccccc4cc23)cc1. The van der Waals surface area contributed by atoms with E-state index in [9.17, 15) is 9.59 Å². The van der Waals surface area contributed by atoms with Crippen LogP contribution in [0.5, 0.6) is 0 Å². The van der Waals surface area contributed by atoms with Gasteiger partial charge in [-0.05, 0) is 47.3 Å². The Morgan fingerprint density at radius 2 is 1.58 bits per heavy atom. The predicted octanol–water partition coefficient (Wildman–Crippen LogP) is 5.43.